The van der Waals surface area contributed by atoms with Crippen LogP contribution in [0.3, 0.4) is 0 Å². The van der Waals surface area contributed by atoms with Gasteiger partial charge in [0, 0.05) is 19.2 Å². The first-order valence-corrected chi connectivity index (χ1v) is 6.66. The van der Waals surface area contributed by atoms with Crippen molar-refractivity contribution in [3.05, 3.63) is 29.6 Å². The van der Waals surface area contributed by atoms with Crippen molar-refractivity contribution in [2.24, 2.45) is 5.92 Å². The summed E-state index contributed by atoms with van der Waals surface area (Å²) in [5, 5.41) is 9.78. The highest BCUT2D eigenvalue weighted by Crippen LogP contribution is 2.33. The number of likely N-dealkylation sites (N-methyl/N-ethyl adjacent to an activating group) is 1. The minimum absolute atomic E-state index is 0.0658. The number of nitrogens with zero attached hydrogens (tertiary/aromatic N) is 1. The molecule has 22 heavy (non-hydrogen) atoms. The third kappa shape index (κ3) is 4.33. The number of benzene rings is 1. The Hall–Kier alpha value is -1.83. The van der Waals surface area contributed by atoms with Gasteiger partial charge in [0.2, 0.25) is 0 Å². The highest BCUT2D eigenvalue weighted by molar-refractivity contribution is 5.94. The van der Waals surface area contributed by atoms with Crippen LogP contribution in [0.1, 0.15) is 23.2 Å². The van der Waals surface area contributed by atoms with Crippen molar-refractivity contribution in [3.8, 4) is 5.75 Å². The second kappa shape index (κ2) is 6.12. The number of alkyl halides is 3. The van der Waals surface area contributed by atoms with Gasteiger partial charge in [-0.05, 0) is 37.0 Å². The van der Waals surface area contributed by atoms with Gasteiger partial charge in [0.15, 0.2) is 11.6 Å². The van der Waals surface area contributed by atoms with E-state index < -0.39 is 29.9 Å². The molecule has 1 aliphatic rings. The molecule has 8 heteroatoms. The average molecular weight is 321 g/mol. The number of rotatable bonds is 5. The Balaban J connectivity index is 2.10. The summed E-state index contributed by atoms with van der Waals surface area (Å²) in [5.74, 6) is -2.73. The Bertz CT molecular complexity index is 558. The number of halogens is 4. The molecular weight excluding hydrogens is 306 g/mol. The van der Waals surface area contributed by atoms with Crippen LogP contribution in [0, 0.1) is 11.7 Å². The molecule has 0 radical (unpaired) electrons. The first kappa shape index (κ1) is 16.5. The summed E-state index contributed by atoms with van der Waals surface area (Å²) < 4.78 is 53.3. The van der Waals surface area contributed by atoms with Gasteiger partial charge in [-0.3, -0.25) is 4.79 Å². The monoisotopic (exact) mass is 321 g/mol. The van der Waals surface area contributed by atoms with Crippen LogP contribution in [0.2, 0.25) is 0 Å². The maximum atomic E-state index is 13.3. The van der Waals surface area contributed by atoms with Crippen molar-refractivity contribution in [2.75, 3.05) is 13.6 Å². The molecule has 1 N–H and O–H groups in total. The van der Waals surface area contributed by atoms with Gasteiger partial charge >= 0.3 is 6.36 Å². The number of hydrogen-bond acceptors (Lipinski definition) is 3. The van der Waals surface area contributed by atoms with Crippen molar-refractivity contribution in [2.45, 2.75) is 25.3 Å². The van der Waals surface area contributed by atoms with Gasteiger partial charge in [0.05, 0.1) is 6.10 Å². The average Bonchev–Trinajstić information content (AvgIpc) is 3.23. The first-order valence-electron chi connectivity index (χ1n) is 6.66. The molecule has 0 spiro atoms. The van der Waals surface area contributed by atoms with E-state index in [2.05, 4.69) is 4.74 Å². The number of carbonyl (C=O) groups excluding carboxylic acids is 1. The number of aliphatic hydroxyl groups is 1. The largest absolute Gasteiger partial charge is 0.573 e. The number of amides is 1. The van der Waals surface area contributed by atoms with Gasteiger partial charge in [0.25, 0.3) is 5.91 Å². The fourth-order valence-corrected chi connectivity index (χ4v) is 2.05. The SMILES string of the molecule is CN(CC(O)C1CC1)C(=O)c1ccc(F)c(OC(F)(F)F)c1. The standard InChI is InChI=1S/C14H15F4NO3/c1-19(7-11(20)8-2-3-8)13(21)9-4-5-10(15)12(6-9)22-14(16,17)18/h4-6,8,11,20H,2-3,7H2,1H3. The predicted octanol–water partition coefficient (Wildman–Crippen LogP) is 2.57. The minimum atomic E-state index is -5.05. The zero-order chi connectivity index (χ0) is 16.5. The molecule has 0 bridgehead atoms. The molecule has 1 aromatic rings. The Labute approximate surface area is 124 Å². The number of carbonyl (C=O) groups is 1. The molecule has 1 unspecified atom stereocenters. The lowest BCUT2D eigenvalue weighted by Gasteiger charge is -2.21. The van der Waals surface area contributed by atoms with E-state index in [0.29, 0.717) is 6.07 Å². The molecule has 2 rings (SSSR count). The van der Waals surface area contributed by atoms with Gasteiger partial charge in [-0.2, -0.15) is 0 Å². The Morgan fingerprint density at radius 3 is 2.64 bits per heavy atom. The van der Waals surface area contributed by atoms with Gasteiger partial charge in [-0.1, -0.05) is 0 Å². The summed E-state index contributed by atoms with van der Waals surface area (Å²) in [6.07, 6.45) is -3.93. The lowest BCUT2D eigenvalue weighted by Crippen LogP contribution is -2.35. The van der Waals surface area contributed by atoms with Crippen molar-refractivity contribution >= 4 is 5.91 Å². The van der Waals surface area contributed by atoms with Crippen molar-refractivity contribution < 1.29 is 32.2 Å². The van der Waals surface area contributed by atoms with Crippen molar-refractivity contribution in [3.63, 3.8) is 0 Å². The second-order valence-corrected chi connectivity index (χ2v) is 5.28. The van der Waals surface area contributed by atoms with Crippen molar-refractivity contribution in [1.29, 1.82) is 0 Å². The maximum Gasteiger partial charge on any atom is 0.573 e. The molecule has 4 nitrogen and oxygen atoms in total. The van der Waals surface area contributed by atoms with Crippen LogP contribution < -0.4 is 4.74 Å². The fraction of sp³-hybridized carbons (Fsp3) is 0.500. The van der Waals surface area contributed by atoms with E-state index in [0.717, 1.165) is 25.0 Å². The van der Waals surface area contributed by atoms with E-state index in [4.69, 9.17) is 0 Å². The van der Waals surface area contributed by atoms with Gasteiger partial charge in [0.1, 0.15) is 0 Å². The molecular formula is C14H15F4NO3. The van der Waals surface area contributed by atoms with Gasteiger partial charge in [-0.25, -0.2) is 4.39 Å². The zero-order valence-electron chi connectivity index (χ0n) is 11.7. The molecule has 1 amide bonds. The quantitative estimate of drug-likeness (QED) is 0.848. The zero-order valence-corrected chi connectivity index (χ0v) is 11.7. The maximum absolute atomic E-state index is 13.3. The van der Waals surface area contributed by atoms with Crippen LogP contribution in [0.15, 0.2) is 18.2 Å². The van der Waals surface area contributed by atoms with E-state index in [9.17, 15) is 27.5 Å². The van der Waals surface area contributed by atoms with Crippen LogP contribution >= 0.6 is 0 Å². The van der Waals surface area contributed by atoms with Crippen LogP contribution in [0.4, 0.5) is 17.6 Å². The lowest BCUT2D eigenvalue weighted by molar-refractivity contribution is -0.275. The van der Waals surface area contributed by atoms with Crippen molar-refractivity contribution in [1.82, 2.24) is 4.90 Å². The van der Waals surface area contributed by atoms with Crippen LogP contribution in [-0.2, 0) is 0 Å². The van der Waals surface area contributed by atoms with Crippen LogP contribution in [-0.4, -0.2) is 42.0 Å². The summed E-state index contributed by atoms with van der Waals surface area (Å²) in [6.45, 7) is 0.0658. The third-order valence-corrected chi connectivity index (χ3v) is 3.38. The minimum Gasteiger partial charge on any atom is -0.403 e. The molecule has 1 aromatic carbocycles. The summed E-state index contributed by atoms with van der Waals surface area (Å²) in [4.78, 5) is 13.3. The van der Waals surface area contributed by atoms with E-state index in [1.165, 1.54) is 11.9 Å². The summed E-state index contributed by atoms with van der Waals surface area (Å²) in [6, 6.07) is 2.51. The first-order chi connectivity index (χ1) is 10.2. The molecule has 0 aliphatic heterocycles. The molecule has 1 atom stereocenters. The Kier molecular flexibility index (Phi) is 4.60. The summed E-state index contributed by atoms with van der Waals surface area (Å²) in [7, 11) is 1.42. The second-order valence-electron chi connectivity index (χ2n) is 5.28. The number of hydrogen-bond donors (Lipinski definition) is 1. The van der Waals surface area contributed by atoms with E-state index in [-0.39, 0.29) is 18.0 Å². The molecule has 1 aliphatic carbocycles. The molecule has 0 aromatic heterocycles. The van der Waals surface area contributed by atoms with Gasteiger partial charge in [-0.15, -0.1) is 13.2 Å². The molecule has 122 valence electrons. The van der Waals surface area contributed by atoms with E-state index >= 15 is 0 Å². The lowest BCUT2D eigenvalue weighted by atomic mass is 10.1. The molecule has 0 saturated heterocycles. The number of ether oxygens (including phenoxy) is 1. The smallest absolute Gasteiger partial charge is 0.403 e. The van der Waals surface area contributed by atoms with E-state index in [1.54, 1.807) is 0 Å². The normalized spacial score (nSPS) is 16.3. The Morgan fingerprint density at radius 1 is 1.45 bits per heavy atom. The topological polar surface area (TPSA) is 49.8 Å². The highest BCUT2D eigenvalue weighted by Gasteiger charge is 2.33. The van der Waals surface area contributed by atoms with Crippen LogP contribution in [0.25, 0.3) is 0 Å². The number of aliphatic hydroxyl groups excluding tert-OH is 1. The van der Waals surface area contributed by atoms with E-state index in [1.807, 2.05) is 0 Å². The summed E-state index contributed by atoms with van der Waals surface area (Å²) >= 11 is 0. The van der Waals surface area contributed by atoms with Gasteiger partial charge < -0.3 is 14.7 Å². The Morgan fingerprint density at radius 2 is 2.09 bits per heavy atom. The predicted molar refractivity (Wildman–Crippen MR) is 68.8 cm³/mol. The molecule has 1 saturated carbocycles. The highest BCUT2D eigenvalue weighted by atomic mass is 19.4. The fourth-order valence-electron chi connectivity index (χ4n) is 2.05. The molecule has 0 heterocycles. The van der Waals surface area contributed by atoms with Crippen LogP contribution in [0.5, 0.6) is 5.75 Å². The summed E-state index contributed by atoms with van der Waals surface area (Å²) in [5.41, 5.74) is -0.147. The third-order valence-electron chi connectivity index (χ3n) is 3.38. The molecule has 1 fully saturated rings.